The summed E-state index contributed by atoms with van der Waals surface area (Å²) in [7, 11) is 1.30. The van der Waals surface area contributed by atoms with Gasteiger partial charge in [0.05, 0.1) is 7.11 Å². The number of hydrogen-bond acceptors (Lipinski definition) is 5. The summed E-state index contributed by atoms with van der Waals surface area (Å²) in [5.74, 6) is 0.186. The van der Waals surface area contributed by atoms with Gasteiger partial charge in [-0.25, -0.2) is 9.78 Å². The molecule has 0 radical (unpaired) electrons. The van der Waals surface area contributed by atoms with Gasteiger partial charge in [-0.1, -0.05) is 0 Å². The first-order valence-corrected chi connectivity index (χ1v) is 5.15. The van der Waals surface area contributed by atoms with E-state index < -0.39 is 5.97 Å². The van der Waals surface area contributed by atoms with Crippen molar-refractivity contribution in [1.82, 2.24) is 4.98 Å². The van der Waals surface area contributed by atoms with Crippen molar-refractivity contribution in [3.8, 4) is 0 Å². The van der Waals surface area contributed by atoms with Gasteiger partial charge in [0.15, 0.2) is 11.6 Å². The van der Waals surface area contributed by atoms with Crippen LogP contribution in [0.4, 0.5) is 0 Å². The van der Waals surface area contributed by atoms with Crippen LogP contribution in [-0.4, -0.2) is 23.8 Å². The van der Waals surface area contributed by atoms with Gasteiger partial charge in [-0.05, 0) is 19.8 Å². The maximum Gasteiger partial charge on any atom is 0.360 e. The number of rotatable bonds is 6. The van der Waals surface area contributed by atoms with Crippen molar-refractivity contribution >= 4 is 11.8 Å². The van der Waals surface area contributed by atoms with Crippen LogP contribution in [0.5, 0.6) is 0 Å². The van der Waals surface area contributed by atoms with Crippen molar-refractivity contribution in [2.75, 3.05) is 7.11 Å². The van der Waals surface area contributed by atoms with E-state index >= 15 is 0 Å². The molecule has 16 heavy (non-hydrogen) atoms. The van der Waals surface area contributed by atoms with Gasteiger partial charge in [-0.3, -0.25) is 0 Å². The minimum Gasteiger partial charge on any atom is -0.464 e. The first kappa shape index (κ1) is 12.4. The van der Waals surface area contributed by atoms with E-state index in [1.54, 1.807) is 6.92 Å². The SMILES string of the molecule is COC(=O)c1coc(CCCCC(C)=O)n1. The first-order chi connectivity index (χ1) is 7.63. The number of carbonyl (C=O) groups excluding carboxylic acids is 2. The van der Waals surface area contributed by atoms with Gasteiger partial charge in [0.25, 0.3) is 0 Å². The highest BCUT2D eigenvalue weighted by Gasteiger charge is 2.11. The molecule has 1 aromatic rings. The van der Waals surface area contributed by atoms with Crippen LogP contribution in [0.25, 0.3) is 0 Å². The Bertz CT molecular complexity index is 370. The monoisotopic (exact) mass is 225 g/mol. The zero-order chi connectivity index (χ0) is 12.0. The van der Waals surface area contributed by atoms with Gasteiger partial charge in [-0.2, -0.15) is 0 Å². The summed E-state index contributed by atoms with van der Waals surface area (Å²) < 4.78 is 9.60. The maximum absolute atomic E-state index is 11.1. The lowest BCUT2D eigenvalue weighted by atomic mass is 10.1. The van der Waals surface area contributed by atoms with Crippen molar-refractivity contribution in [2.24, 2.45) is 0 Å². The quantitative estimate of drug-likeness (QED) is 0.545. The lowest BCUT2D eigenvalue weighted by Gasteiger charge is -1.94. The van der Waals surface area contributed by atoms with Crippen LogP contribution >= 0.6 is 0 Å². The van der Waals surface area contributed by atoms with Gasteiger partial charge < -0.3 is 13.9 Å². The number of oxazole rings is 1. The normalized spacial score (nSPS) is 10.1. The molecule has 1 rings (SSSR count). The fraction of sp³-hybridized carbons (Fsp3) is 0.545. The minimum atomic E-state index is -0.501. The molecule has 1 aromatic heterocycles. The fourth-order valence-electron chi connectivity index (χ4n) is 1.27. The number of aryl methyl sites for hydroxylation is 1. The van der Waals surface area contributed by atoms with Crippen LogP contribution in [0.3, 0.4) is 0 Å². The number of nitrogens with zero attached hydrogens (tertiary/aromatic N) is 1. The van der Waals surface area contributed by atoms with E-state index in [1.807, 2.05) is 0 Å². The van der Waals surface area contributed by atoms with Crippen molar-refractivity contribution in [1.29, 1.82) is 0 Å². The van der Waals surface area contributed by atoms with Crippen LogP contribution in [-0.2, 0) is 16.0 Å². The molecule has 88 valence electrons. The average Bonchev–Trinajstić information content (AvgIpc) is 2.71. The summed E-state index contributed by atoms with van der Waals surface area (Å²) >= 11 is 0. The predicted octanol–water partition coefficient (Wildman–Crippen LogP) is 1.76. The number of carbonyl (C=O) groups is 2. The number of methoxy groups -OCH3 is 1. The lowest BCUT2D eigenvalue weighted by Crippen LogP contribution is -2.01. The largest absolute Gasteiger partial charge is 0.464 e. The smallest absolute Gasteiger partial charge is 0.360 e. The van der Waals surface area contributed by atoms with Crippen LogP contribution < -0.4 is 0 Å². The number of ketones is 1. The third kappa shape index (κ3) is 3.84. The first-order valence-electron chi connectivity index (χ1n) is 5.15. The van der Waals surface area contributed by atoms with Crippen LogP contribution in [0.15, 0.2) is 10.7 Å². The molecule has 0 bridgehead atoms. The molecule has 0 aromatic carbocycles. The molecule has 0 unspecified atom stereocenters. The lowest BCUT2D eigenvalue weighted by molar-refractivity contribution is -0.117. The van der Waals surface area contributed by atoms with E-state index in [1.165, 1.54) is 13.4 Å². The van der Waals surface area contributed by atoms with Gasteiger partial charge >= 0.3 is 5.97 Å². The molecule has 5 nitrogen and oxygen atoms in total. The molecule has 0 aliphatic rings. The Morgan fingerprint density at radius 3 is 2.81 bits per heavy atom. The third-order valence-electron chi connectivity index (χ3n) is 2.12. The Kier molecular flexibility index (Phi) is 4.69. The summed E-state index contributed by atoms with van der Waals surface area (Å²) in [5, 5.41) is 0. The number of unbranched alkanes of at least 4 members (excludes halogenated alkanes) is 1. The molecule has 0 saturated carbocycles. The summed E-state index contributed by atoms with van der Waals surface area (Å²) in [4.78, 5) is 25.7. The molecule has 0 saturated heterocycles. The molecule has 0 aliphatic carbocycles. The topological polar surface area (TPSA) is 69.4 Å². The van der Waals surface area contributed by atoms with Crippen LogP contribution in [0.1, 0.15) is 42.6 Å². The third-order valence-corrected chi connectivity index (χ3v) is 2.12. The maximum atomic E-state index is 11.1. The Hall–Kier alpha value is -1.65. The van der Waals surface area contributed by atoms with Gasteiger partial charge in [0, 0.05) is 12.8 Å². The highest BCUT2D eigenvalue weighted by Crippen LogP contribution is 2.08. The second-order valence-corrected chi connectivity index (χ2v) is 3.53. The molecule has 5 heteroatoms. The van der Waals surface area contributed by atoms with Gasteiger partial charge in [-0.15, -0.1) is 0 Å². The number of ether oxygens (including phenoxy) is 1. The molecular formula is C11H15NO4. The van der Waals surface area contributed by atoms with Gasteiger partial charge in [0.1, 0.15) is 12.0 Å². The summed E-state index contributed by atoms with van der Waals surface area (Å²) in [6.45, 7) is 1.57. The predicted molar refractivity (Wildman–Crippen MR) is 56.1 cm³/mol. The van der Waals surface area contributed by atoms with E-state index in [2.05, 4.69) is 9.72 Å². The second kappa shape index (κ2) is 6.05. The summed E-state index contributed by atoms with van der Waals surface area (Å²) in [6, 6.07) is 0. The van der Waals surface area contributed by atoms with Crippen molar-refractivity contribution in [3.05, 3.63) is 17.8 Å². The molecule has 0 N–H and O–H groups in total. The molecule has 1 heterocycles. The molecule has 0 fully saturated rings. The average molecular weight is 225 g/mol. The number of Topliss-reactive ketones (excluding diaryl/α,β-unsaturated/α-hetero) is 1. The number of hydrogen-bond donors (Lipinski definition) is 0. The van der Waals surface area contributed by atoms with E-state index in [4.69, 9.17) is 4.42 Å². The zero-order valence-electron chi connectivity index (χ0n) is 9.49. The van der Waals surface area contributed by atoms with Crippen molar-refractivity contribution in [2.45, 2.75) is 32.6 Å². The molecule has 0 amide bonds. The molecular weight excluding hydrogens is 210 g/mol. The van der Waals surface area contributed by atoms with E-state index in [0.29, 0.717) is 18.7 Å². The molecule has 0 spiro atoms. The van der Waals surface area contributed by atoms with Crippen molar-refractivity contribution in [3.63, 3.8) is 0 Å². The Morgan fingerprint density at radius 2 is 2.19 bits per heavy atom. The van der Waals surface area contributed by atoms with Crippen LogP contribution in [0, 0.1) is 0 Å². The standard InChI is InChI=1S/C11H15NO4/c1-8(13)5-3-4-6-10-12-9(7-16-10)11(14)15-2/h7H,3-6H2,1-2H3. The minimum absolute atomic E-state index is 0.183. The fourth-order valence-corrected chi connectivity index (χ4v) is 1.27. The molecule has 0 atom stereocenters. The Morgan fingerprint density at radius 1 is 1.44 bits per heavy atom. The number of aromatic nitrogens is 1. The van der Waals surface area contributed by atoms with Crippen molar-refractivity contribution < 1.29 is 18.7 Å². The highest BCUT2D eigenvalue weighted by molar-refractivity contribution is 5.86. The van der Waals surface area contributed by atoms with E-state index in [9.17, 15) is 9.59 Å². The number of esters is 1. The van der Waals surface area contributed by atoms with E-state index in [0.717, 1.165) is 12.8 Å². The summed E-state index contributed by atoms with van der Waals surface area (Å²) in [5.41, 5.74) is 0.184. The van der Waals surface area contributed by atoms with E-state index in [-0.39, 0.29) is 11.5 Å². The second-order valence-electron chi connectivity index (χ2n) is 3.53. The Balaban J connectivity index is 2.35. The van der Waals surface area contributed by atoms with Gasteiger partial charge in [0.2, 0.25) is 0 Å². The molecule has 0 aliphatic heterocycles. The highest BCUT2D eigenvalue weighted by atomic mass is 16.5. The summed E-state index contributed by atoms with van der Waals surface area (Å²) in [6.07, 6.45) is 4.12. The zero-order valence-corrected chi connectivity index (χ0v) is 9.49. The van der Waals surface area contributed by atoms with Crippen LogP contribution in [0.2, 0.25) is 0 Å². The Labute approximate surface area is 93.8 Å².